The standard InChI is InChI=1S/C21H37N3O4/c1-8-21(6,7)12-18(26)24-9-10-28-14-16(24)13-22-19(27)15(2)23-17(25)11-20(3,4)5/h8,15-16H,1,9-14H2,2-7H3,(H,22,27)(H,23,25). The summed E-state index contributed by atoms with van der Waals surface area (Å²) in [6.45, 7) is 17.0. The summed E-state index contributed by atoms with van der Waals surface area (Å²) >= 11 is 0. The fourth-order valence-corrected chi connectivity index (χ4v) is 2.93. The quantitative estimate of drug-likeness (QED) is 0.614. The van der Waals surface area contributed by atoms with Gasteiger partial charge in [0.15, 0.2) is 0 Å². The zero-order valence-electron chi connectivity index (χ0n) is 18.3. The number of ether oxygens (including phenoxy) is 1. The topological polar surface area (TPSA) is 87.7 Å². The van der Waals surface area contributed by atoms with E-state index in [1.54, 1.807) is 17.9 Å². The molecule has 1 fully saturated rings. The maximum atomic E-state index is 12.7. The van der Waals surface area contributed by atoms with Crippen molar-refractivity contribution in [2.75, 3.05) is 26.3 Å². The molecule has 0 aromatic carbocycles. The molecule has 1 aliphatic rings. The monoisotopic (exact) mass is 395 g/mol. The molecular weight excluding hydrogens is 358 g/mol. The van der Waals surface area contributed by atoms with Crippen LogP contribution in [0, 0.1) is 10.8 Å². The highest BCUT2D eigenvalue weighted by Crippen LogP contribution is 2.23. The molecular formula is C21H37N3O4. The van der Waals surface area contributed by atoms with E-state index in [1.807, 2.05) is 34.6 Å². The molecule has 0 saturated carbocycles. The lowest BCUT2D eigenvalue weighted by molar-refractivity contribution is -0.142. The molecule has 3 amide bonds. The van der Waals surface area contributed by atoms with E-state index in [4.69, 9.17) is 4.74 Å². The third kappa shape index (κ3) is 8.42. The summed E-state index contributed by atoms with van der Waals surface area (Å²) in [6, 6.07) is -0.855. The van der Waals surface area contributed by atoms with Gasteiger partial charge in [0.05, 0.1) is 19.3 Å². The van der Waals surface area contributed by atoms with Gasteiger partial charge in [0.2, 0.25) is 17.7 Å². The molecule has 1 heterocycles. The first-order valence-corrected chi connectivity index (χ1v) is 9.92. The number of hydrogen-bond donors (Lipinski definition) is 2. The van der Waals surface area contributed by atoms with Gasteiger partial charge in [-0.2, -0.15) is 0 Å². The number of rotatable bonds is 8. The first-order valence-electron chi connectivity index (χ1n) is 9.92. The Morgan fingerprint density at radius 1 is 1.21 bits per heavy atom. The van der Waals surface area contributed by atoms with Crippen LogP contribution in [-0.2, 0) is 19.1 Å². The summed E-state index contributed by atoms with van der Waals surface area (Å²) < 4.78 is 5.50. The summed E-state index contributed by atoms with van der Waals surface area (Å²) in [5.41, 5.74) is -0.422. The normalized spacial score (nSPS) is 18.9. The number of nitrogens with zero attached hydrogens (tertiary/aromatic N) is 1. The van der Waals surface area contributed by atoms with Crippen LogP contribution in [0.3, 0.4) is 0 Å². The SMILES string of the molecule is C=CC(C)(C)CC(=O)N1CCOCC1CNC(=O)C(C)NC(=O)CC(C)(C)C. The largest absolute Gasteiger partial charge is 0.377 e. The van der Waals surface area contributed by atoms with Crippen LogP contribution in [0.25, 0.3) is 0 Å². The molecule has 7 nitrogen and oxygen atoms in total. The first-order chi connectivity index (χ1) is 12.8. The zero-order chi connectivity index (χ0) is 21.5. The van der Waals surface area contributed by atoms with Gasteiger partial charge in [-0.15, -0.1) is 6.58 Å². The fourth-order valence-electron chi connectivity index (χ4n) is 2.93. The van der Waals surface area contributed by atoms with Gasteiger partial charge in [0.1, 0.15) is 6.04 Å². The van der Waals surface area contributed by atoms with Crippen molar-refractivity contribution in [1.82, 2.24) is 15.5 Å². The van der Waals surface area contributed by atoms with E-state index >= 15 is 0 Å². The molecule has 1 aliphatic heterocycles. The Kier molecular flexibility index (Phi) is 8.67. The lowest BCUT2D eigenvalue weighted by Gasteiger charge is -2.37. The average molecular weight is 396 g/mol. The van der Waals surface area contributed by atoms with Crippen molar-refractivity contribution in [3.8, 4) is 0 Å². The minimum absolute atomic E-state index is 0.0268. The molecule has 2 atom stereocenters. The molecule has 0 aromatic heterocycles. The van der Waals surface area contributed by atoms with E-state index < -0.39 is 6.04 Å². The second-order valence-corrected chi connectivity index (χ2v) is 9.46. The highest BCUT2D eigenvalue weighted by molar-refractivity contribution is 5.87. The van der Waals surface area contributed by atoms with Gasteiger partial charge in [0, 0.05) is 25.9 Å². The third-order valence-corrected chi connectivity index (χ3v) is 4.68. The molecule has 7 heteroatoms. The Hall–Kier alpha value is -1.89. The van der Waals surface area contributed by atoms with Gasteiger partial charge in [0.25, 0.3) is 0 Å². The van der Waals surface area contributed by atoms with Crippen LogP contribution in [0.4, 0.5) is 0 Å². The molecule has 0 radical (unpaired) electrons. The number of hydrogen-bond acceptors (Lipinski definition) is 4. The second-order valence-electron chi connectivity index (χ2n) is 9.46. The van der Waals surface area contributed by atoms with Crippen molar-refractivity contribution in [3.05, 3.63) is 12.7 Å². The summed E-state index contributed by atoms with van der Waals surface area (Å²) in [5, 5.41) is 5.56. The van der Waals surface area contributed by atoms with Crippen molar-refractivity contribution in [3.63, 3.8) is 0 Å². The number of morpholine rings is 1. The highest BCUT2D eigenvalue weighted by atomic mass is 16.5. The van der Waals surface area contributed by atoms with Gasteiger partial charge in [-0.1, -0.05) is 40.7 Å². The maximum absolute atomic E-state index is 12.7. The summed E-state index contributed by atoms with van der Waals surface area (Å²) in [6.07, 6.45) is 2.49. The summed E-state index contributed by atoms with van der Waals surface area (Å²) in [4.78, 5) is 38.8. The molecule has 28 heavy (non-hydrogen) atoms. The molecule has 2 N–H and O–H groups in total. The molecule has 1 rings (SSSR count). The van der Waals surface area contributed by atoms with E-state index in [-0.39, 0.29) is 34.6 Å². The van der Waals surface area contributed by atoms with E-state index in [2.05, 4.69) is 17.2 Å². The smallest absolute Gasteiger partial charge is 0.242 e. The third-order valence-electron chi connectivity index (χ3n) is 4.68. The number of allylic oxidation sites excluding steroid dienone is 1. The summed E-state index contributed by atoms with van der Waals surface area (Å²) in [7, 11) is 0. The zero-order valence-corrected chi connectivity index (χ0v) is 18.3. The van der Waals surface area contributed by atoms with Crippen LogP contribution in [0.5, 0.6) is 0 Å². The Bertz CT molecular complexity index is 581. The van der Waals surface area contributed by atoms with Crippen LogP contribution in [0.2, 0.25) is 0 Å². The molecule has 1 saturated heterocycles. The van der Waals surface area contributed by atoms with E-state index in [9.17, 15) is 14.4 Å². The van der Waals surface area contributed by atoms with E-state index in [0.717, 1.165) is 0 Å². The summed E-state index contributed by atoms with van der Waals surface area (Å²) in [5.74, 6) is -0.398. The molecule has 2 unspecified atom stereocenters. The molecule has 0 aromatic rings. The Morgan fingerprint density at radius 2 is 1.86 bits per heavy atom. The number of amides is 3. The predicted molar refractivity (Wildman–Crippen MR) is 110 cm³/mol. The second kappa shape index (κ2) is 10.0. The van der Waals surface area contributed by atoms with Crippen LogP contribution in [-0.4, -0.2) is 61.0 Å². The minimum atomic E-state index is -0.636. The Balaban J connectivity index is 2.57. The lowest BCUT2D eigenvalue weighted by Crippen LogP contribution is -2.55. The molecule has 0 spiro atoms. The van der Waals surface area contributed by atoms with Crippen LogP contribution in [0.1, 0.15) is 54.4 Å². The minimum Gasteiger partial charge on any atom is -0.377 e. The Labute approximate surface area is 169 Å². The van der Waals surface area contributed by atoms with Gasteiger partial charge in [-0.25, -0.2) is 0 Å². The predicted octanol–water partition coefficient (Wildman–Crippen LogP) is 1.87. The van der Waals surface area contributed by atoms with Gasteiger partial charge in [-0.3, -0.25) is 14.4 Å². The highest BCUT2D eigenvalue weighted by Gasteiger charge is 2.31. The van der Waals surface area contributed by atoms with Crippen LogP contribution < -0.4 is 10.6 Å². The molecule has 0 aliphatic carbocycles. The van der Waals surface area contributed by atoms with E-state index in [1.165, 1.54) is 0 Å². The molecule has 160 valence electrons. The van der Waals surface area contributed by atoms with E-state index in [0.29, 0.717) is 39.1 Å². The van der Waals surface area contributed by atoms with Gasteiger partial charge < -0.3 is 20.3 Å². The molecule has 0 bridgehead atoms. The van der Waals surface area contributed by atoms with Crippen LogP contribution in [0.15, 0.2) is 12.7 Å². The van der Waals surface area contributed by atoms with Gasteiger partial charge in [-0.05, 0) is 17.8 Å². The van der Waals surface area contributed by atoms with Crippen molar-refractivity contribution >= 4 is 17.7 Å². The fraction of sp³-hybridized carbons (Fsp3) is 0.762. The average Bonchev–Trinajstić information content (AvgIpc) is 2.57. The maximum Gasteiger partial charge on any atom is 0.242 e. The first kappa shape index (κ1) is 24.1. The van der Waals surface area contributed by atoms with Crippen LogP contribution >= 0.6 is 0 Å². The van der Waals surface area contributed by atoms with Crippen molar-refractivity contribution < 1.29 is 19.1 Å². The van der Waals surface area contributed by atoms with Crippen molar-refractivity contribution in [1.29, 1.82) is 0 Å². The number of nitrogens with one attached hydrogen (secondary N) is 2. The van der Waals surface area contributed by atoms with Gasteiger partial charge >= 0.3 is 0 Å². The number of carbonyl (C=O) groups excluding carboxylic acids is 3. The van der Waals surface area contributed by atoms with Crippen molar-refractivity contribution in [2.45, 2.75) is 66.5 Å². The van der Waals surface area contributed by atoms with Crippen molar-refractivity contribution in [2.24, 2.45) is 10.8 Å². The lowest BCUT2D eigenvalue weighted by atomic mass is 9.89. The number of carbonyl (C=O) groups is 3. The Morgan fingerprint density at radius 3 is 2.43 bits per heavy atom.